The molecule has 0 radical (unpaired) electrons. The van der Waals surface area contributed by atoms with Crippen molar-refractivity contribution in [2.24, 2.45) is 0 Å². The molecule has 0 unspecified atom stereocenters. The number of aryl methyl sites for hydroxylation is 2. The van der Waals surface area contributed by atoms with Crippen LogP contribution in [0, 0.1) is 13.8 Å². The van der Waals surface area contributed by atoms with Crippen LogP contribution in [-0.2, 0) is 11.2 Å². The summed E-state index contributed by atoms with van der Waals surface area (Å²) in [6.45, 7) is 18.0. The minimum atomic E-state index is -2.03. The lowest BCUT2D eigenvalue weighted by atomic mass is 9.95. The summed E-state index contributed by atoms with van der Waals surface area (Å²) in [7, 11) is -0.529. The zero-order valence-corrected chi connectivity index (χ0v) is 22.6. The fraction of sp³-hybridized carbons (Fsp3) is 0.519. The number of hydrogen-bond acceptors (Lipinski definition) is 4. The van der Waals surface area contributed by atoms with Gasteiger partial charge in [-0.3, -0.25) is 0 Å². The van der Waals surface area contributed by atoms with Crippen LogP contribution in [0.5, 0.6) is 11.5 Å². The van der Waals surface area contributed by atoms with Gasteiger partial charge < -0.3 is 19.0 Å². The molecule has 0 aliphatic heterocycles. The fourth-order valence-electron chi connectivity index (χ4n) is 5.16. The molecule has 0 spiro atoms. The van der Waals surface area contributed by atoms with Crippen molar-refractivity contribution in [2.75, 3.05) is 13.9 Å². The van der Waals surface area contributed by atoms with Gasteiger partial charge in [-0.25, -0.2) is 4.79 Å². The summed E-state index contributed by atoms with van der Waals surface area (Å²) in [5, 5.41) is 9.61. The van der Waals surface area contributed by atoms with Gasteiger partial charge in [0, 0.05) is 7.11 Å². The highest BCUT2D eigenvalue weighted by Gasteiger charge is 2.47. The van der Waals surface area contributed by atoms with Crippen LogP contribution < -0.4 is 9.16 Å². The lowest BCUT2D eigenvalue weighted by Gasteiger charge is -2.42. The molecule has 0 saturated heterocycles. The maximum atomic E-state index is 11.7. The molecule has 5 nitrogen and oxygen atoms in total. The number of carboxylic acids is 1. The van der Waals surface area contributed by atoms with Gasteiger partial charge in [-0.1, -0.05) is 47.6 Å². The standard InChI is InChI=1S/C27H40O5Si/c1-17(2)33(18(3)4,19(5)6)32-23-12-20(7)24(21(8)13-23)14-22-10-11-26(31-16-30-9)25(15-22)27(28)29/h10-13,15,17-19H,14,16H2,1-9H3,(H,28,29). The Morgan fingerprint density at radius 3 is 1.94 bits per heavy atom. The quantitative estimate of drug-likeness (QED) is 0.278. The fourth-order valence-corrected chi connectivity index (χ4v) is 10.4. The third kappa shape index (κ3) is 5.98. The van der Waals surface area contributed by atoms with Crippen molar-refractivity contribution in [3.05, 3.63) is 58.1 Å². The van der Waals surface area contributed by atoms with E-state index < -0.39 is 14.3 Å². The molecular formula is C27H40O5Si. The molecule has 0 atom stereocenters. The van der Waals surface area contributed by atoms with Gasteiger partial charge in [0.05, 0.1) is 0 Å². The lowest BCUT2D eigenvalue weighted by Crippen LogP contribution is -2.50. The predicted octanol–water partition coefficient (Wildman–Crippen LogP) is 7.13. The molecule has 0 aliphatic rings. The van der Waals surface area contributed by atoms with Crippen molar-refractivity contribution in [2.45, 2.75) is 78.4 Å². The Bertz CT molecular complexity index is 920. The van der Waals surface area contributed by atoms with Gasteiger partial charge in [0.1, 0.15) is 17.1 Å². The molecule has 0 saturated carbocycles. The van der Waals surface area contributed by atoms with Crippen LogP contribution in [0.3, 0.4) is 0 Å². The number of methoxy groups -OCH3 is 1. The van der Waals surface area contributed by atoms with Gasteiger partial charge in [-0.05, 0) is 83.4 Å². The van der Waals surface area contributed by atoms with E-state index in [4.69, 9.17) is 13.9 Å². The first-order valence-electron chi connectivity index (χ1n) is 11.7. The molecule has 0 aliphatic carbocycles. The molecule has 0 bridgehead atoms. The maximum absolute atomic E-state index is 11.7. The largest absolute Gasteiger partial charge is 0.543 e. The number of hydrogen-bond donors (Lipinski definition) is 1. The molecule has 0 amide bonds. The van der Waals surface area contributed by atoms with Crippen LogP contribution in [-0.4, -0.2) is 33.3 Å². The van der Waals surface area contributed by atoms with Crippen molar-refractivity contribution >= 4 is 14.3 Å². The Morgan fingerprint density at radius 1 is 0.939 bits per heavy atom. The number of benzene rings is 2. The Morgan fingerprint density at radius 2 is 1.48 bits per heavy atom. The van der Waals surface area contributed by atoms with Crippen LogP contribution in [0.25, 0.3) is 0 Å². The van der Waals surface area contributed by atoms with Crippen molar-refractivity contribution < 1.29 is 23.8 Å². The molecule has 0 aromatic heterocycles. The third-order valence-electron chi connectivity index (χ3n) is 6.66. The van der Waals surface area contributed by atoms with E-state index in [0.29, 0.717) is 28.8 Å². The first-order chi connectivity index (χ1) is 15.4. The highest BCUT2D eigenvalue weighted by atomic mass is 28.4. The number of ether oxygens (including phenoxy) is 2. The minimum absolute atomic E-state index is 0.00718. The van der Waals surface area contributed by atoms with Gasteiger partial charge in [-0.15, -0.1) is 0 Å². The molecule has 33 heavy (non-hydrogen) atoms. The summed E-state index contributed by atoms with van der Waals surface area (Å²) in [6.07, 6.45) is 0.643. The normalized spacial score (nSPS) is 12.0. The van der Waals surface area contributed by atoms with Crippen molar-refractivity contribution in [3.8, 4) is 11.5 Å². The van der Waals surface area contributed by atoms with E-state index in [2.05, 4.69) is 67.5 Å². The van der Waals surface area contributed by atoms with Gasteiger partial charge >= 0.3 is 5.97 Å². The van der Waals surface area contributed by atoms with Crippen molar-refractivity contribution in [1.29, 1.82) is 0 Å². The molecule has 1 N–H and O–H groups in total. The maximum Gasteiger partial charge on any atom is 0.339 e. The molecule has 0 fully saturated rings. The number of rotatable bonds is 11. The first kappa shape index (κ1) is 26.9. The molecule has 182 valence electrons. The van der Waals surface area contributed by atoms with Crippen molar-refractivity contribution in [3.63, 3.8) is 0 Å². The van der Waals surface area contributed by atoms with E-state index >= 15 is 0 Å². The SMILES string of the molecule is COCOc1ccc(Cc2c(C)cc(O[Si](C(C)C)(C(C)C)C(C)C)cc2C)cc1C(=O)O. The molecule has 2 aromatic carbocycles. The van der Waals surface area contributed by atoms with Gasteiger partial charge in [-0.2, -0.15) is 0 Å². The predicted molar refractivity (Wildman–Crippen MR) is 136 cm³/mol. The molecule has 6 heteroatoms. The average Bonchev–Trinajstić information content (AvgIpc) is 2.72. The summed E-state index contributed by atoms with van der Waals surface area (Å²) >= 11 is 0. The summed E-state index contributed by atoms with van der Waals surface area (Å²) in [6, 6.07) is 9.59. The average molecular weight is 473 g/mol. The Kier molecular flexibility index (Phi) is 9.15. The van der Waals surface area contributed by atoms with Crippen LogP contribution in [0.2, 0.25) is 16.6 Å². The minimum Gasteiger partial charge on any atom is -0.543 e. The molecule has 0 heterocycles. The monoisotopic (exact) mass is 472 g/mol. The first-order valence-corrected chi connectivity index (χ1v) is 13.8. The summed E-state index contributed by atoms with van der Waals surface area (Å²) in [4.78, 5) is 11.7. The van der Waals surface area contributed by atoms with Crippen LogP contribution >= 0.6 is 0 Å². The number of carboxylic acid groups (broad SMARTS) is 1. The number of carbonyl (C=O) groups is 1. The Labute approximate surface area is 200 Å². The summed E-state index contributed by atoms with van der Waals surface area (Å²) < 4.78 is 17.2. The highest BCUT2D eigenvalue weighted by molar-refractivity contribution is 6.78. The van der Waals surface area contributed by atoms with E-state index in [9.17, 15) is 9.90 Å². The van der Waals surface area contributed by atoms with Gasteiger partial charge in [0.25, 0.3) is 8.32 Å². The summed E-state index contributed by atoms with van der Waals surface area (Å²) in [5.74, 6) is 0.242. The van der Waals surface area contributed by atoms with Gasteiger partial charge in [0.2, 0.25) is 0 Å². The second-order valence-electron chi connectivity index (χ2n) is 9.82. The van der Waals surface area contributed by atoms with E-state index in [-0.39, 0.29) is 12.4 Å². The van der Waals surface area contributed by atoms with E-state index in [0.717, 1.165) is 22.4 Å². The second kappa shape index (κ2) is 11.2. The zero-order chi connectivity index (χ0) is 24.9. The second-order valence-corrected chi connectivity index (χ2v) is 15.2. The smallest absolute Gasteiger partial charge is 0.339 e. The van der Waals surface area contributed by atoms with Crippen LogP contribution in [0.1, 0.15) is 74.2 Å². The van der Waals surface area contributed by atoms with Crippen LogP contribution in [0.4, 0.5) is 0 Å². The van der Waals surface area contributed by atoms with E-state index in [1.54, 1.807) is 12.1 Å². The summed E-state index contributed by atoms with van der Waals surface area (Å²) in [5.41, 5.74) is 6.08. The highest BCUT2D eigenvalue weighted by Crippen LogP contribution is 2.43. The van der Waals surface area contributed by atoms with E-state index in [1.165, 1.54) is 12.7 Å². The lowest BCUT2D eigenvalue weighted by molar-refractivity contribution is 0.0483. The number of aromatic carboxylic acids is 1. The Balaban J connectivity index is 2.38. The molecule has 2 aromatic rings. The topological polar surface area (TPSA) is 65.0 Å². The molecular weight excluding hydrogens is 432 g/mol. The van der Waals surface area contributed by atoms with Crippen LogP contribution in [0.15, 0.2) is 30.3 Å². The molecule has 2 rings (SSSR count). The Hall–Kier alpha value is -2.31. The third-order valence-corrected chi connectivity index (χ3v) is 12.7. The van der Waals surface area contributed by atoms with E-state index in [1.807, 2.05) is 6.07 Å². The van der Waals surface area contributed by atoms with Crippen molar-refractivity contribution in [1.82, 2.24) is 0 Å². The van der Waals surface area contributed by atoms with Gasteiger partial charge in [0.15, 0.2) is 6.79 Å². The zero-order valence-electron chi connectivity index (χ0n) is 21.6.